The number of hydrogen-bond acceptors (Lipinski definition) is 4. The summed E-state index contributed by atoms with van der Waals surface area (Å²) < 4.78 is 13.8. The first-order chi connectivity index (χ1) is 11.8. The third kappa shape index (κ3) is 3.03. The molecule has 1 aromatic carbocycles. The number of rotatable bonds is 3. The van der Waals surface area contributed by atoms with Crippen molar-refractivity contribution in [2.45, 2.75) is 12.5 Å². The first-order valence-electron chi connectivity index (χ1n) is 7.17. The predicted octanol–water partition coefficient (Wildman–Crippen LogP) is 2.18. The number of imide groups is 1. The number of aromatic nitrogens is 1. The largest absolute Gasteiger partial charge is 0.322 e. The molecule has 7 nitrogen and oxygen atoms in total. The highest BCUT2D eigenvalue weighted by Gasteiger charge is 2.43. The smallest absolute Gasteiger partial charge is 0.322 e. The fourth-order valence-corrected chi connectivity index (χ4v) is 2.58. The summed E-state index contributed by atoms with van der Waals surface area (Å²) in [5.74, 6) is -2.06. The Kier molecular flexibility index (Phi) is 4.13. The molecule has 0 unspecified atom stereocenters. The normalized spacial score (nSPS) is 19.3. The Labute approximate surface area is 146 Å². The lowest BCUT2D eigenvalue weighted by Crippen LogP contribution is -2.40. The van der Waals surface area contributed by atoms with E-state index in [1.807, 2.05) is 0 Å². The van der Waals surface area contributed by atoms with Gasteiger partial charge in [-0.1, -0.05) is 23.7 Å². The van der Waals surface area contributed by atoms with Crippen LogP contribution in [0.15, 0.2) is 36.5 Å². The molecule has 4 amide bonds. The number of benzene rings is 1. The second kappa shape index (κ2) is 6.14. The summed E-state index contributed by atoms with van der Waals surface area (Å²) in [6.45, 7) is 1.56. The molecule has 0 saturated carbocycles. The monoisotopic (exact) mass is 362 g/mol. The molecule has 2 heterocycles. The minimum Gasteiger partial charge on any atom is -0.322 e. The Hall–Kier alpha value is -3.00. The molecule has 1 fully saturated rings. The van der Waals surface area contributed by atoms with Crippen molar-refractivity contribution in [1.82, 2.24) is 15.6 Å². The topological polar surface area (TPSA) is 100 Å². The van der Waals surface area contributed by atoms with Gasteiger partial charge in [-0.25, -0.2) is 14.2 Å². The molecule has 1 saturated heterocycles. The lowest BCUT2D eigenvalue weighted by molar-refractivity contribution is -0.123. The van der Waals surface area contributed by atoms with Crippen LogP contribution in [0.3, 0.4) is 0 Å². The summed E-state index contributed by atoms with van der Waals surface area (Å²) in [5, 5.41) is 6.84. The first-order valence-corrected chi connectivity index (χ1v) is 7.54. The second-order valence-corrected chi connectivity index (χ2v) is 5.89. The molecule has 1 aliphatic heterocycles. The van der Waals surface area contributed by atoms with E-state index in [9.17, 15) is 18.8 Å². The van der Waals surface area contributed by atoms with Crippen LogP contribution in [0.25, 0.3) is 0 Å². The quantitative estimate of drug-likeness (QED) is 0.575. The molecule has 3 N–H and O–H groups in total. The van der Waals surface area contributed by atoms with E-state index in [0.29, 0.717) is 11.3 Å². The van der Waals surface area contributed by atoms with Gasteiger partial charge in [0.1, 0.15) is 5.54 Å². The van der Waals surface area contributed by atoms with Gasteiger partial charge in [-0.3, -0.25) is 14.9 Å². The van der Waals surface area contributed by atoms with Gasteiger partial charge in [-0.05, 0) is 30.7 Å². The fourth-order valence-electron chi connectivity index (χ4n) is 2.43. The number of nitrogens with zero attached hydrogens (tertiary/aromatic N) is 1. The molecule has 0 aliphatic carbocycles. The van der Waals surface area contributed by atoms with E-state index in [-0.39, 0.29) is 10.7 Å². The Morgan fingerprint density at radius 1 is 1.24 bits per heavy atom. The van der Waals surface area contributed by atoms with E-state index in [1.54, 1.807) is 19.1 Å². The zero-order valence-corrected chi connectivity index (χ0v) is 13.6. The molecule has 9 heteroatoms. The molecule has 1 aliphatic rings. The van der Waals surface area contributed by atoms with Gasteiger partial charge in [0.25, 0.3) is 11.8 Å². The Morgan fingerprint density at radius 2 is 1.92 bits per heavy atom. The van der Waals surface area contributed by atoms with Crippen LogP contribution in [0.5, 0.6) is 0 Å². The summed E-state index contributed by atoms with van der Waals surface area (Å²) in [6.07, 6.45) is 1.23. The van der Waals surface area contributed by atoms with Crippen molar-refractivity contribution >= 4 is 35.1 Å². The molecule has 0 radical (unpaired) electrons. The first kappa shape index (κ1) is 16.8. The second-order valence-electron chi connectivity index (χ2n) is 5.53. The zero-order chi connectivity index (χ0) is 18.2. The van der Waals surface area contributed by atoms with E-state index in [1.165, 1.54) is 24.4 Å². The third-order valence-corrected chi connectivity index (χ3v) is 4.12. The maximum Gasteiger partial charge on any atom is 0.322 e. The van der Waals surface area contributed by atoms with Gasteiger partial charge < -0.3 is 10.6 Å². The van der Waals surface area contributed by atoms with Crippen molar-refractivity contribution in [3.63, 3.8) is 0 Å². The minimum absolute atomic E-state index is 0.238. The number of urea groups is 1. The fraction of sp³-hybridized carbons (Fsp3) is 0.125. The van der Waals surface area contributed by atoms with E-state index < -0.39 is 29.2 Å². The average molecular weight is 363 g/mol. The van der Waals surface area contributed by atoms with Crippen molar-refractivity contribution < 1.29 is 18.8 Å². The summed E-state index contributed by atoms with van der Waals surface area (Å²) in [6, 6.07) is 6.88. The van der Waals surface area contributed by atoms with Crippen LogP contribution >= 0.6 is 11.6 Å². The Balaban J connectivity index is 1.79. The van der Waals surface area contributed by atoms with Crippen molar-refractivity contribution in [1.29, 1.82) is 0 Å². The summed E-state index contributed by atoms with van der Waals surface area (Å²) >= 11 is 5.56. The van der Waals surface area contributed by atoms with Crippen molar-refractivity contribution in [2.75, 3.05) is 5.32 Å². The highest BCUT2D eigenvalue weighted by molar-refractivity contribution is 6.30. The zero-order valence-electron chi connectivity index (χ0n) is 12.9. The summed E-state index contributed by atoms with van der Waals surface area (Å²) in [4.78, 5) is 38.9. The third-order valence-electron chi connectivity index (χ3n) is 3.86. The highest BCUT2D eigenvalue weighted by Crippen LogP contribution is 2.26. The van der Waals surface area contributed by atoms with Gasteiger partial charge in [0.05, 0.1) is 5.56 Å². The van der Waals surface area contributed by atoms with Crippen LogP contribution in [0.1, 0.15) is 22.8 Å². The number of pyridine rings is 1. The standard InChI is InChI=1S/C16H12ClFN4O3/c1-16(14(24)21-15(25)22-16)8-2-4-9(5-3-8)20-13(23)10-6-7-19-12(17)11(10)18/h2-7H,1H3,(H,20,23)(H2,21,22,24,25)/t16-/m1/s1. The van der Waals surface area contributed by atoms with Gasteiger partial charge in [0, 0.05) is 11.9 Å². The SMILES string of the molecule is C[C@]1(c2ccc(NC(=O)c3ccnc(Cl)c3F)cc2)NC(=O)NC1=O. The van der Waals surface area contributed by atoms with Gasteiger partial charge in [-0.2, -0.15) is 0 Å². The van der Waals surface area contributed by atoms with Crippen LogP contribution < -0.4 is 16.0 Å². The van der Waals surface area contributed by atoms with Crippen LogP contribution in [-0.4, -0.2) is 22.8 Å². The Bertz CT molecular complexity index is 887. The number of anilines is 1. The number of hydrogen-bond donors (Lipinski definition) is 3. The van der Waals surface area contributed by atoms with E-state index in [0.717, 1.165) is 0 Å². The minimum atomic E-state index is -1.19. The van der Waals surface area contributed by atoms with Gasteiger partial charge >= 0.3 is 6.03 Å². The summed E-state index contributed by atoms with van der Waals surface area (Å²) in [7, 11) is 0. The van der Waals surface area contributed by atoms with Crippen LogP contribution in [0.2, 0.25) is 5.15 Å². The van der Waals surface area contributed by atoms with Gasteiger partial charge in [0.2, 0.25) is 0 Å². The van der Waals surface area contributed by atoms with Crippen molar-refractivity contribution in [3.8, 4) is 0 Å². The summed E-state index contributed by atoms with van der Waals surface area (Å²) in [5.41, 5.74) is -0.510. The van der Waals surface area contributed by atoms with Gasteiger partial charge in [-0.15, -0.1) is 0 Å². The molecule has 128 valence electrons. The number of carbonyl (C=O) groups excluding carboxylic acids is 3. The lowest BCUT2D eigenvalue weighted by Gasteiger charge is -2.21. The number of amides is 4. The predicted molar refractivity (Wildman–Crippen MR) is 87.6 cm³/mol. The van der Waals surface area contributed by atoms with E-state index in [4.69, 9.17) is 11.6 Å². The molecule has 0 spiro atoms. The number of nitrogens with one attached hydrogen (secondary N) is 3. The van der Waals surface area contributed by atoms with E-state index >= 15 is 0 Å². The van der Waals surface area contributed by atoms with Crippen LogP contribution in [0.4, 0.5) is 14.9 Å². The molecule has 1 aromatic heterocycles. The van der Waals surface area contributed by atoms with Gasteiger partial charge in [0.15, 0.2) is 11.0 Å². The average Bonchev–Trinajstić information content (AvgIpc) is 2.84. The van der Waals surface area contributed by atoms with Crippen LogP contribution in [0, 0.1) is 5.82 Å². The molecule has 2 aromatic rings. The van der Waals surface area contributed by atoms with Crippen molar-refractivity contribution in [3.05, 3.63) is 58.6 Å². The van der Waals surface area contributed by atoms with E-state index in [2.05, 4.69) is 20.9 Å². The molecule has 25 heavy (non-hydrogen) atoms. The lowest BCUT2D eigenvalue weighted by atomic mass is 9.92. The molecular weight excluding hydrogens is 351 g/mol. The Morgan fingerprint density at radius 3 is 2.52 bits per heavy atom. The maximum atomic E-state index is 13.8. The highest BCUT2D eigenvalue weighted by atomic mass is 35.5. The molecule has 1 atom stereocenters. The van der Waals surface area contributed by atoms with Crippen LogP contribution in [-0.2, 0) is 10.3 Å². The molecule has 3 rings (SSSR count). The van der Waals surface area contributed by atoms with Crippen molar-refractivity contribution in [2.24, 2.45) is 0 Å². The molecular formula is C16H12ClFN4O3. The number of halogens is 2. The molecule has 0 bridgehead atoms. The maximum absolute atomic E-state index is 13.8. The number of carbonyl (C=O) groups is 3.